The van der Waals surface area contributed by atoms with Gasteiger partial charge in [0.05, 0.1) is 23.7 Å². The van der Waals surface area contributed by atoms with Gasteiger partial charge in [-0.05, 0) is 24.6 Å². The van der Waals surface area contributed by atoms with Crippen LogP contribution in [0.1, 0.15) is 25.2 Å². The van der Waals surface area contributed by atoms with E-state index >= 15 is 0 Å². The minimum atomic E-state index is -0.187. The highest BCUT2D eigenvalue weighted by molar-refractivity contribution is 9.10. The Hall–Kier alpha value is -0.910. The summed E-state index contributed by atoms with van der Waals surface area (Å²) in [5.41, 5.74) is 8.22. The van der Waals surface area contributed by atoms with Crippen LogP contribution in [-0.2, 0) is 11.3 Å². The maximum absolute atomic E-state index is 6.12. The molecular formula is C13H18BrN3O. The molecule has 0 aliphatic carbocycles. The zero-order valence-corrected chi connectivity index (χ0v) is 12.3. The summed E-state index contributed by atoms with van der Waals surface area (Å²) in [5, 5.41) is 0. The first-order chi connectivity index (χ1) is 8.67. The Kier molecular flexibility index (Phi) is 4.37. The highest BCUT2D eigenvalue weighted by Crippen LogP contribution is 2.23. The van der Waals surface area contributed by atoms with E-state index in [1.807, 2.05) is 12.1 Å². The lowest BCUT2D eigenvalue weighted by Gasteiger charge is -2.13. The molecule has 0 fully saturated rings. The third-order valence-electron chi connectivity index (χ3n) is 2.86. The molecule has 0 amide bonds. The minimum absolute atomic E-state index is 0.187. The van der Waals surface area contributed by atoms with Crippen molar-refractivity contribution in [2.45, 2.75) is 25.9 Å². The summed E-state index contributed by atoms with van der Waals surface area (Å²) in [6, 6.07) is 5.94. The van der Waals surface area contributed by atoms with Gasteiger partial charge in [-0.25, -0.2) is 4.98 Å². The summed E-state index contributed by atoms with van der Waals surface area (Å²) >= 11 is 3.47. The van der Waals surface area contributed by atoms with Crippen LogP contribution in [0.2, 0.25) is 0 Å². The average molecular weight is 312 g/mol. The highest BCUT2D eigenvalue weighted by atomic mass is 79.9. The SMILES string of the molecule is CCCn1c(C(N)COC)nc2cc(Br)ccc21. The molecule has 1 aromatic carbocycles. The van der Waals surface area contributed by atoms with Gasteiger partial charge in [-0.15, -0.1) is 0 Å². The lowest BCUT2D eigenvalue weighted by Crippen LogP contribution is -2.21. The van der Waals surface area contributed by atoms with Crippen molar-refractivity contribution < 1.29 is 4.74 Å². The molecule has 0 saturated carbocycles. The van der Waals surface area contributed by atoms with Crippen molar-refractivity contribution in [2.24, 2.45) is 5.73 Å². The Morgan fingerprint density at radius 2 is 2.28 bits per heavy atom. The third-order valence-corrected chi connectivity index (χ3v) is 3.36. The van der Waals surface area contributed by atoms with E-state index in [9.17, 15) is 0 Å². The normalized spacial score (nSPS) is 13.1. The van der Waals surface area contributed by atoms with E-state index in [0.717, 1.165) is 34.3 Å². The molecule has 0 aliphatic heterocycles. The number of nitrogens with two attached hydrogens (primary N) is 1. The molecule has 18 heavy (non-hydrogen) atoms. The number of hydrogen-bond donors (Lipinski definition) is 1. The zero-order valence-electron chi connectivity index (χ0n) is 10.7. The number of aromatic nitrogens is 2. The predicted octanol–water partition coefficient (Wildman–Crippen LogP) is 2.86. The Morgan fingerprint density at radius 3 is 2.94 bits per heavy atom. The standard InChI is InChI=1S/C13H18BrN3O/c1-3-6-17-12-5-4-9(14)7-11(12)16-13(17)10(15)8-18-2/h4-5,7,10H,3,6,8,15H2,1-2H3. The number of ether oxygens (including phenoxy) is 1. The van der Waals surface area contributed by atoms with Crippen molar-refractivity contribution in [1.82, 2.24) is 9.55 Å². The quantitative estimate of drug-likeness (QED) is 0.923. The molecule has 2 N–H and O–H groups in total. The van der Waals surface area contributed by atoms with Crippen LogP contribution in [0.15, 0.2) is 22.7 Å². The maximum atomic E-state index is 6.12. The van der Waals surface area contributed by atoms with Crippen LogP contribution >= 0.6 is 15.9 Å². The number of fused-ring (bicyclic) bond motifs is 1. The molecule has 98 valence electrons. The first kappa shape index (κ1) is 13.5. The van der Waals surface area contributed by atoms with Crippen LogP contribution in [0.5, 0.6) is 0 Å². The molecule has 5 heteroatoms. The van der Waals surface area contributed by atoms with Gasteiger partial charge >= 0.3 is 0 Å². The number of benzene rings is 1. The molecule has 2 rings (SSSR count). The molecule has 2 aromatic rings. The summed E-state index contributed by atoms with van der Waals surface area (Å²) < 4.78 is 8.34. The van der Waals surface area contributed by atoms with Crippen LogP contribution in [0.3, 0.4) is 0 Å². The lowest BCUT2D eigenvalue weighted by molar-refractivity contribution is 0.177. The summed E-state index contributed by atoms with van der Waals surface area (Å²) in [5.74, 6) is 0.895. The summed E-state index contributed by atoms with van der Waals surface area (Å²) in [6.45, 7) is 3.55. The average Bonchev–Trinajstić information content (AvgIpc) is 2.68. The van der Waals surface area contributed by atoms with Crippen molar-refractivity contribution in [3.63, 3.8) is 0 Å². The predicted molar refractivity (Wildman–Crippen MR) is 76.5 cm³/mol. The molecule has 0 radical (unpaired) electrons. The van der Waals surface area contributed by atoms with Gasteiger partial charge in [-0.1, -0.05) is 22.9 Å². The van der Waals surface area contributed by atoms with Crippen molar-refractivity contribution >= 4 is 27.0 Å². The Morgan fingerprint density at radius 1 is 1.50 bits per heavy atom. The number of imidazole rings is 1. The van der Waals surface area contributed by atoms with E-state index in [2.05, 4.69) is 38.5 Å². The van der Waals surface area contributed by atoms with Crippen LogP contribution < -0.4 is 5.73 Å². The van der Waals surface area contributed by atoms with Crippen molar-refractivity contribution in [1.29, 1.82) is 0 Å². The largest absolute Gasteiger partial charge is 0.383 e. The topological polar surface area (TPSA) is 53.1 Å². The van der Waals surface area contributed by atoms with Gasteiger partial charge in [0.1, 0.15) is 5.82 Å². The van der Waals surface area contributed by atoms with Crippen LogP contribution in [0, 0.1) is 0 Å². The molecule has 0 aliphatic rings. The molecule has 0 spiro atoms. The number of rotatable bonds is 5. The second-order valence-corrected chi connectivity index (χ2v) is 5.23. The lowest BCUT2D eigenvalue weighted by atomic mass is 10.3. The van der Waals surface area contributed by atoms with Gasteiger partial charge in [-0.2, -0.15) is 0 Å². The van der Waals surface area contributed by atoms with Gasteiger partial charge in [0.15, 0.2) is 0 Å². The van der Waals surface area contributed by atoms with E-state index in [1.165, 1.54) is 0 Å². The van der Waals surface area contributed by atoms with Gasteiger partial charge in [0, 0.05) is 18.1 Å². The van der Waals surface area contributed by atoms with E-state index in [1.54, 1.807) is 7.11 Å². The van der Waals surface area contributed by atoms with Gasteiger partial charge in [0.25, 0.3) is 0 Å². The zero-order chi connectivity index (χ0) is 13.1. The number of methoxy groups -OCH3 is 1. The third kappa shape index (κ3) is 2.58. The second kappa shape index (κ2) is 5.82. The van der Waals surface area contributed by atoms with Gasteiger partial charge < -0.3 is 15.0 Å². The first-order valence-electron chi connectivity index (χ1n) is 6.07. The number of halogens is 1. The molecule has 4 nitrogen and oxygen atoms in total. The van der Waals surface area contributed by atoms with E-state index in [4.69, 9.17) is 10.5 Å². The molecular weight excluding hydrogens is 294 g/mol. The first-order valence-corrected chi connectivity index (χ1v) is 6.86. The second-order valence-electron chi connectivity index (χ2n) is 4.32. The van der Waals surface area contributed by atoms with Crippen LogP contribution in [0.25, 0.3) is 11.0 Å². The molecule has 1 unspecified atom stereocenters. The summed E-state index contributed by atoms with van der Waals surface area (Å²) in [4.78, 5) is 4.64. The van der Waals surface area contributed by atoms with E-state index in [-0.39, 0.29) is 6.04 Å². The van der Waals surface area contributed by atoms with E-state index < -0.39 is 0 Å². The number of aryl methyl sites for hydroxylation is 1. The summed E-state index contributed by atoms with van der Waals surface area (Å²) in [7, 11) is 1.66. The van der Waals surface area contributed by atoms with Crippen LogP contribution in [0.4, 0.5) is 0 Å². The maximum Gasteiger partial charge on any atom is 0.129 e. The Bertz CT molecular complexity index is 538. The van der Waals surface area contributed by atoms with Crippen molar-refractivity contribution in [2.75, 3.05) is 13.7 Å². The molecule has 0 bridgehead atoms. The monoisotopic (exact) mass is 311 g/mol. The molecule has 1 heterocycles. The highest BCUT2D eigenvalue weighted by Gasteiger charge is 2.16. The minimum Gasteiger partial charge on any atom is -0.383 e. The van der Waals surface area contributed by atoms with Gasteiger partial charge in [0.2, 0.25) is 0 Å². The summed E-state index contributed by atoms with van der Waals surface area (Å²) in [6.07, 6.45) is 1.05. The van der Waals surface area contributed by atoms with E-state index in [0.29, 0.717) is 6.61 Å². The number of nitrogens with zero attached hydrogens (tertiary/aromatic N) is 2. The fraction of sp³-hybridized carbons (Fsp3) is 0.462. The fourth-order valence-corrected chi connectivity index (χ4v) is 2.47. The van der Waals surface area contributed by atoms with Crippen molar-refractivity contribution in [3.8, 4) is 0 Å². The van der Waals surface area contributed by atoms with Crippen molar-refractivity contribution in [3.05, 3.63) is 28.5 Å². The fourth-order valence-electron chi connectivity index (χ4n) is 2.12. The molecule has 1 atom stereocenters. The van der Waals surface area contributed by atoms with Gasteiger partial charge in [-0.3, -0.25) is 0 Å². The Balaban J connectivity index is 2.53. The van der Waals surface area contributed by atoms with Crippen LogP contribution in [-0.4, -0.2) is 23.3 Å². The molecule has 1 aromatic heterocycles. The Labute approximate surface area is 115 Å². The smallest absolute Gasteiger partial charge is 0.129 e. The number of hydrogen-bond acceptors (Lipinski definition) is 3. The molecule has 0 saturated heterocycles.